The zero-order valence-corrected chi connectivity index (χ0v) is 12.4. The summed E-state index contributed by atoms with van der Waals surface area (Å²) in [4.78, 5) is 13.9. The molecule has 2 rings (SSSR count). The van der Waals surface area contributed by atoms with Crippen LogP contribution in [0.15, 0.2) is 18.2 Å². The number of carbonyl (C=O) groups is 1. The maximum absolute atomic E-state index is 12.0. The lowest BCUT2D eigenvalue weighted by Crippen LogP contribution is -2.41. The van der Waals surface area contributed by atoms with E-state index in [4.69, 9.17) is 27.9 Å². The Labute approximate surface area is 123 Å². The van der Waals surface area contributed by atoms with Gasteiger partial charge in [-0.15, -0.1) is 0 Å². The Hall–Kier alpha value is -0.930. The third kappa shape index (κ3) is 4.02. The van der Waals surface area contributed by atoms with Crippen molar-refractivity contribution in [2.75, 3.05) is 19.7 Å². The highest BCUT2D eigenvalue weighted by molar-refractivity contribution is 6.34. The lowest BCUT2D eigenvalue weighted by Gasteiger charge is -2.30. The molecular weight excluding hydrogens is 285 g/mol. The molecule has 0 radical (unpaired) electrons. The van der Waals surface area contributed by atoms with Crippen molar-refractivity contribution >= 4 is 29.1 Å². The van der Waals surface area contributed by atoms with Gasteiger partial charge in [0, 0.05) is 24.2 Å². The van der Waals surface area contributed by atoms with E-state index in [1.54, 1.807) is 18.2 Å². The van der Waals surface area contributed by atoms with E-state index in [1.165, 1.54) is 6.42 Å². The topological polar surface area (TPSA) is 29.5 Å². The summed E-state index contributed by atoms with van der Waals surface area (Å²) in [7, 11) is 0. The number of halogens is 2. The highest BCUT2D eigenvalue weighted by atomic mass is 35.5. The number of ether oxygens (including phenoxy) is 1. The number of carbonyl (C=O) groups excluding carboxylic acids is 1. The van der Waals surface area contributed by atoms with Crippen molar-refractivity contribution in [2.24, 2.45) is 5.92 Å². The zero-order valence-electron chi connectivity index (χ0n) is 10.9. The molecule has 0 aromatic heterocycles. The molecule has 0 N–H and O–H groups in total. The summed E-state index contributed by atoms with van der Waals surface area (Å²) >= 11 is 11.8. The molecule has 1 heterocycles. The van der Waals surface area contributed by atoms with Crippen LogP contribution in [0.5, 0.6) is 5.75 Å². The Morgan fingerprint density at radius 1 is 1.47 bits per heavy atom. The average molecular weight is 302 g/mol. The summed E-state index contributed by atoms with van der Waals surface area (Å²) in [6.07, 6.45) is 2.25. The second kappa shape index (κ2) is 6.49. The maximum Gasteiger partial charge on any atom is 0.260 e. The number of hydrogen-bond donors (Lipinski definition) is 0. The molecule has 104 valence electrons. The monoisotopic (exact) mass is 301 g/mol. The first kappa shape index (κ1) is 14.5. The molecule has 1 fully saturated rings. The molecule has 0 spiro atoms. The smallest absolute Gasteiger partial charge is 0.260 e. The number of amides is 1. The minimum Gasteiger partial charge on any atom is -0.482 e. The van der Waals surface area contributed by atoms with Crippen LogP contribution in [0.3, 0.4) is 0 Å². The summed E-state index contributed by atoms with van der Waals surface area (Å²) in [6.45, 7) is 3.79. The number of piperidine rings is 1. The lowest BCUT2D eigenvalue weighted by molar-refractivity contribution is -0.135. The van der Waals surface area contributed by atoms with Gasteiger partial charge in [0.25, 0.3) is 5.91 Å². The van der Waals surface area contributed by atoms with Crippen molar-refractivity contribution in [3.8, 4) is 5.75 Å². The van der Waals surface area contributed by atoms with Crippen molar-refractivity contribution in [3.05, 3.63) is 28.2 Å². The van der Waals surface area contributed by atoms with Crippen molar-refractivity contribution < 1.29 is 9.53 Å². The highest BCUT2D eigenvalue weighted by Gasteiger charge is 2.21. The summed E-state index contributed by atoms with van der Waals surface area (Å²) in [5, 5.41) is 1.00. The zero-order chi connectivity index (χ0) is 13.8. The van der Waals surface area contributed by atoms with Crippen LogP contribution in [0.25, 0.3) is 0 Å². The van der Waals surface area contributed by atoms with Gasteiger partial charge in [0.15, 0.2) is 6.61 Å². The van der Waals surface area contributed by atoms with Gasteiger partial charge in [-0.2, -0.15) is 0 Å². The Morgan fingerprint density at radius 3 is 3.00 bits per heavy atom. The number of hydrogen-bond acceptors (Lipinski definition) is 2. The highest BCUT2D eigenvalue weighted by Crippen LogP contribution is 2.27. The van der Waals surface area contributed by atoms with E-state index in [0.29, 0.717) is 21.7 Å². The molecule has 0 saturated carbocycles. The first-order valence-electron chi connectivity index (χ1n) is 6.42. The normalized spacial score (nSPS) is 19.3. The predicted molar refractivity (Wildman–Crippen MR) is 76.9 cm³/mol. The first-order chi connectivity index (χ1) is 9.06. The Morgan fingerprint density at radius 2 is 2.26 bits per heavy atom. The van der Waals surface area contributed by atoms with Gasteiger partial charge in [-0.3, -0.25) is 4.79 Å². The van der Waals surface area contributed by atoms with Crippen LogP contribution in [-0.4, -0.2) is 30.5 Å². The molecule has 1 aromatic carbocycles. The Balaban J connectivity index is 1.91. The van der Waals surface area contributed by atoms with Crippen LogP contribution in [0.1, 0.15) is 19.8 Å². The fraction of sp³-hybridized carbons (Fsp3) is 0.500. The first-order valence-corrected chi connectivity index (χ1v) is 7.17. The fourth-order valence-electron chi connectivity index (χ4n) is 2.23. The third-order valence-corrected chi connectivity index (χ3v) is 3.80. The molecule has 19 heavy (non-hydrogen) atoms. The van der Waals surface area contributed by atoms with Crippen LogP contribution in [0.4, 0.5) is 0 Å². The molecule has 1 unspecified atom stereocenters. The Bertz CT molecular complexity index is 465. The minimum absolute atomic E-state index is 0.00240. The average Bonchev–Trinajstić information content (AvgIpc) is 2.39. The van der Waals surface area contributed by atoms with Crippen LogP contribution >= 0.6 is 23.2 Å². The van der Waals surface area contributed by atoms with E-state index in [-0.39, 0.29) is 12.5 Å². The minimum atomic E-state index is 0.00240. The molecule has 1 aromatic rings. The molecule has 1 saturated heterocycles. The van der Waals surface area contributed by atoms with Gasteiger partial charge in [-0.05, 0) is 30.9 Å². The van der Waals surface area contributed by atoms with E-state index in [0.717, 1.165) is 19.5 Å². The number of nitrogens with zero attached hydrogens (tertiary/aromatic N) is 1. The molecule has 1 atom stereocenters. The standard InChI is InChI=1S/C14H17Cl2NO2/c1-10-3-2-6-17(8-10)14(18)9-19-13-7-11(15)4-5-12(13)16/h4-5,7,10H,2-3,6,8-9H2,1H3. The van der Waals surface area contributed by atoms with E-state index in [2.05, 4.69) is 6.92 Å². The molecule has 5 heteroatoms. The van der Waals surface area contributed by atoms with Gasteiger partial charge >= 0.3 is 0 Å². The van der Waals surface area contributed by atoms with Crippen molar-refractivity contribution in [3.63, 3.8) is 0 Å². The van der Waals surface area contributed by atoms with Gasteiger partial charge in [-0.1, -0.05) is 30.1 Å². The maximum atomic E-state index is 12.0. The Kier molecular flexibility index (Phi) is 4.94. The van der Waals surface area contributed by atoms with Crippen LogP contribution in [0.2, 0.25) is 10.0 Å². The van der Waals surface area contributed by atoms with E-state index in [1.807, 2.05) is 4.90 Å². The molecule has 0 bridgehead atoms. The molecule has 1 aliphatic heterocycles. The summed E-state index contributed by atoms with van der Waals surface area (Å²) in [5.41, 5.74) is 0. The van der Waals surface area contributed by atoms with E-state index in [9.17, 15) is 4.79 Å². The molecule has 3 nitrogen and oxygen atoms in total. The quantitative estimate of drug-likeness (QED) is 0.853. The van der Waals surface area contributed by atoms with Gasteiger partial charge in [0.1, 0.15) is 5.75 Å². The summed E-state index contributed by atoms with van der Waals surface area (Å²) in [5.74, 6) is 1.02. The van der Waals surface area contributed by atoms with Crippen molar-refractivity contribution in [1.29, 1.82) is 0 Å². The van der Waals surface area contributed by atoms with Crippen molar-refractivity contribution in [1.82, 2.24) is 4.90 Å². The molecule has 1 amide bonds. The van der Waals surface area contributed by atoms with Gasteiger partial charge in [-0.25, -0.2) is 0 Å². The van der Waals surface area contributed by atoms with Gasteiger partial charge < -0.3 is 9.64 Å². The van der Waals surface area contributed by atoms with E-state index < -0.39 is 0 Å². The predicted octanol–water partition coefficient (Wildman–Crippen LogP) is 3.63. The molecule has 0 aliphatic carbocycles. The van der Waals surface area contributed by atoms with E-state index >= 15 is 0 Å². The van der Waals surface area contributed by atoms with Crippen LogP contribution in [0, 0.1) is 5.92 Å². The van der Waals surface area contributed by atoms with Crippen molar-refractivity contribution in [2.45, 2.75) is 19.8 Å². The largest absolute Gasteiger partial charge is 0.482 e. The third-order valence-electron chi connectivity index (χ3n) is 3.25. The SMILES string of the molecule is CC1CCCN(C(=O)COc2cc(Cl)ccc2Cl)C1. The van der Waals surface area contributed by atoms with Gasteiger partial charge in [0.05, 0.1) is 5.02 Å². The number of likely N-dealkylation sites (tertiary alicyclic amines) is 1. The molecule has 1 aliphatic rings. The molecular formula is C14H17Cl2NO2. The van der Waals surface area contributed by atoms with Crippen LogP contribution < -0.4 is 4.74 Å². The fourth-order valence-corrected chi connectivity index (χ4v) is 2.57. The summed E-state index contributed by atoms with van der Waals surface area (Å²) in [6, 6.07) is 4.97. The van der Waals surface area contributed by atoms with Gasteiger partial charge in [0.2, 0.25) is 0 Å². The van der Waals surface area contributed by atoms with Crippen LogP contribution in [-0.2, 0) is 4.79 Å². The second-order valence-corrected chi connectivity index (χ2v) is 5.79. The lowest BCUT2D eigenvalue weighted by atomic mass is 10.0. The number of benzene rings is 1. The summed E-state index contributed by atoms with van der Waals surface area (Å²) < 4.78 is 5.46. The second-order valence-electron chi connectivity index (χ2n) is 4.95. The number of rotatable bonds is 3.